The molecule has 3 rings (SSSR count). The Hall–Kier alpha value is -1.33. The lowest BCUT2D eigenvalue weighted by Crippen LogP contribution is -2.47. The molecule has 1 aliphatic rings. The van der Waals surface area contributed by atoms with Crippen LogP contribution in [0.4, 0.5) is 11.4 Å². The maximum Gasteiger partial charge on any atom is 0.0907 e. The van der Waals surface area contributed by atoms with Crippen LogP contribution >= 0.6 is 11.3 Å². The molecule has 2 N–H and O–H groups in total. The fourth-order valence-electron chi connectivity index (χ4n) is 2.95. The van der Waals surface area contributed by atoms with Crippen molar-refractivity contribution in [2.45, 2.75) is 32.3 Å². The fourth-order valence-corrected chi connectivity index (χ4v) is 3.80. The molecule has 1 unspecified atom stereocenters. The number of aromatic nitrogens is 1. The van der Waals surface area contributed by atoms with Gasteiger partial charge in [-0.1, -0.05) is 0 Å². The summed E-state index contributed by atoms with van der Waals surface area (Å²) < 4.78 is 6.83. The molecular formula is C15H21N3OS. The number of benzene rings is 1. The Labute approximate surface area is 123 Å². The first kappa shape index (κ1) is 13.6. The minimum atomic E-state index is -0.0857. The van der Waals surface area contributed by atoms with Gasteiger partial charge in [-0.2, -0.15) is 0 Å². The minimum absolute atomic E-state index is 0.0857. The Kier molecular flexibility index (Phi) is 3.34. The van der Waals surface area contributed by atoms with E-state index < -0.39 is 0 Å². The minimum Gasteiger partial charge on any atom is -0.397 e. The summed E-state index contributed by atoms with van der Waals surface area (Å²) in [5, 5.41) is 1.08. The van der Waals surface area contributed by atoms with Crippen molar-refractivity contribution in [1.82, 2.24) is 4.98 Å². The predicted octanol–water partition coefficient (Wildman–Crippen LogP) is 3.19. The van der Waals surface area contributed by atoms with Gasteiger partial charge in [-0.25, -0.2) is 4.98 Å². The topological polar surface area (TPSA) is 51.4 Å². The van der Waals surface area contributed by atoms with E-state index in [4.69, 9.17) is 10.5 Å². The molecule has 0 aliphatic carbocycles. The van der Waals surface area contributed by atoms with Crippen molar-refractivity contribution >= 4 is 32.9 Å². The number of nitrogens with two attached hydrogens (primary N) is 1. The summed E-state index contributed by atoms with van der Waals surface area (Å²) in [6, 6.07) is 4.17. The average Bonchev–Trinajstić information content (AvgIpc) is 2.77. The van der Waals surface area contributed by atoms with Crippen LogP contribution in [0.15, 0.2) is 12.1 Å². The summed E-state index contributed by atoms with van der Waals surface area (Å²) in [6.07, 6.45) is 2.22. The first-order valence-corrected chi connectivity index (χ1v) is 7.79. The lowest BCUT2D eigenvalue weighted by Gasteiger charge is -2.41. The summed E-state index contributed by atoms with van der Waals surface area (Å²) >= 11 is 1.69. The quantitative estimate of drug-likeness (QED) is 0.863. The molecule has 20 heavy (non-hydrogen) atoms. The summed E-state index contributed by atoms with van der Waals surface area (Å²) in [5.74, 6) is 0. The molecule has 1 aromatic carbocycles. The van der Waals surface area contributed by atoms with Crippen LogP contribution in [0.5, 0.6) is 0 Å². The maximum absolute atomic E-state index is 6.25. The second-order valence-electron chi connectivity index (χ2n) is 5.79. The Morgan fingerprint density at radius 2 is 2.25 bits per heavy atom. The van der Waals surface area contributed by atoms with E-state index in [2.05, 4.69) is 22.9 Å². The van der Waals surface area contributed by atoms with Gasteiger partial charge in [0.1, 0.15) is 0 Å². The molecule has 1 aromatic heterocycles. The van der Waals surface area contributed by atoms with Crippen LogP contribution in [0.1, 0.15) is 24.8 Å². The number of hydrogen-bond acceptors (Lipinski definition) is 5. The Bertz CT molecular complexity index is 639. The molecule has 5 heteroatoms. The van der Waals surface area contributed by atoms with Crippen molar-refractivity contribution in [3.8, 4) is 0 Å². The first-order chi connectivity index (χ1) is 9.50. The summed E-state index contributed by atoms with van der Waals surface area (Å²) in [7, 11) is 1.79. The second kappa shape index (κ2) is 4.90. The van der Waals surface area contributed by atoms with Crippen LogP contribution in [0.3, 0.4) is 0 Å². The second-order valence-corrected chi connectivity index (χ2v) is 7.03. The normalized spacial score (nSPS) is 23.4. The van der Waals surface area contributed by atoms with Crippen molar-refractivity contribution in [2.75, 3.05) is 30.8 Å². The molecule has 0 bridgehead atoms. The number of methoxy groups -OCH3 is 1. The Morgan fingerprint density at radius 1 is 1.45 bits per heavy atom. The highest BCUT2D eigenvalue weighted by atomic mass is 32.1. The number of fused-ring (bicyclic) bond motifs is 1. The van der Waals surface area contributed by atoms with E-state index in [1.165, 1.54) is 0 Å². The summed E-state index contributed by atoms with van der Waals surface area (Å²) in [4.78, 5) is 6.90. The van der Waals surface area contributed by atoms with E-state index in [0.717, 1.165) is 52.5 Å². The molecule has 2 heterocycles. The number of rotatable bonds is 2. The Morgan fingerprint density at radius 3 is 3.00 bits per heavy atom. The van der Waals surface area contributed by atoms with Gasteiger partial charge < -0.3 is 15.4 Å². The van der Waals surface area contributed by atoms with E-state index in [0.29, 0.717) is 0 Å². The number of piperidine rings is 1. The van der Waals surface area contributed by atoms with Gasteiger partial charge in [0.25, 0.3) is 0 Å². The van der Waals surface area contributed by atoms with Crippen LogP contribution in [-0.4, -0.2) is 30.8 Å². The highest BCUT2D eigenvalue weighted by Gasteiger charge is 2.31. The monoisotopic (exact) mass is 291 g/mol. The molecule has 0 amide bonds. The zero-order valence-electron chi connectivity index (χ0n) is 12.3. The lowest BCUT2D eigenvalue weighted by atomic mass is 9.94. The smallest absolute Gasteiger partial charge is 0.0907 e. The van der Waals surface area contributed by atoms with E-state index >= 15 is 0 Å². The third-order valence-corrected chi connectivity index (χ3v) is 5.07. The van der Waals surface area contributed by atoms with E-state index in [-0.39, 0.29) is 5.60 Å². The van der Waals surface area contributed by atoms with Crippen LogP contribution in [-0.2, 0) is 4.74 Å². The number of nitrogen functional groups attached to an aromatic ring is 1. The zero-order valence-corrected chi connectivity index (χ0v) is 13.1. The third kappa shape index (κ3) is 2.36. The van der Waals surface area contributed by atoms with Crippen molar-refractivity contribution in [2.24, 2.45) is 0 Å². The van der Waals surface area contributed by atoms with Crippen LogP contribution in [0, 0.1) is 6.92 Å². The number of aryl methyl sites for hydroxylation is 1. The molecule has 1 saturated heterocycles. The largest absolute Gasteiger partial charge is 0.397 e. The Balaban J connectivity index is 1.98. The molecule has 0 saturated carbocycles. The van der Waals surface area contributed by atoms with Gasteiger partial charge in [0.05, 0.1) is 32.2 Å². The van der Waals surface area contributed by atoms with Crippen LogP contribution < -0.4 is 10.6 Å². The number of anilines is 2. The van der Waals surface area contributed by atoms with Crippen molar-refractivity contribution in [3.05, 3.63) is 17.1 Å². The summed E-state index contributed by atoms with van der Waals surface area (Å²) in [6.45, 7) is 6.10. The average molecular weight is 291 g/mol. The van der Waals surface area contributed by atoms with Gasteiger partial charge in [0, 0.05) is 20.2 Å². The van der Waals surface area contributed by atoms with Gasteiger partial charge in [-0.05, 0) is 38.8 Å². The zero-order chi connectivity index (χ0) is 14.3. The maximum atomic E-state index is 6.25. The molecule has 1 aliphatic heterocycles. The van der Waals surface area contributed by atoms with Crippen molar-refractivity contribution in [3.63, 3.8) is 0 Å². The van der Waals surface area contributed by atoms with Gasteiger partial charge in [-0.15, -0.1) is 11.3 Å². The number of hydrogen-bond donors (Lipinski definition) is 1. The molecule has 1 fully saturated rings. The van der Waals surface area contributed by atoms with Crippen molar-refractivity contribution < 1.29 is 4.74 Å². The van der Waals surface area contributed by atoms with E-state index in [1.807, 2.05) is 13.0 Å². The SMILES string of the molecule is COC1(C)CCCN(c2cc3nc(C)sc3cc2N)C1. The third-order valence-electron chi connectivity index (χ3n) is 4.14. The number of ether oxygens (including phenoxy) is 1. The standard InChI is InChI=1S/C15H21N3OS/c1-10-17-12-8-13(11(16)7-14(12)20-10)18-6-4-5-15(2,9-18)19-3/h7-8H,4-6,9,16H2,1-3H3. The molecule has 0 spiro atoms. The molecule has 1 atom stereocenters. The van der Waals surface area contributed by atoms with E-state index in [1.54, 1.807) is 18.4 Å². The van der Waals surface area contributed by atoms with Crippen molar-refractivity contribution in [1.29, 1.82) is 0 Å². The lowest BCUT2D eigenvalue weighted by molar-refractivity contribution is -0.00461. The van der Waals surface area contributed by atoms with Gasteiger partial charge in [0.2, 0.25) is 0 Å². The number of thiazole rings is 1. The molecule has 4 nitrogen and oxygen atoms in total. The predicted molar refractivity (Wildman–Crippen MR) is 85.6 cm³/mol. The van der Waals surface area contributed by atoms with Gasteiger partial charge in [0.15, 0.2) is 0 Å². The highest BCUT2D eigenvalue weighted by molar-refractivity contribution is 7.18. The summed E-state index contributed by atoms with van der Waals surface area (Å²) in [5.41, 5.74) is 9.13. The highest BCUT2D eigenvalue weighted by Crippen LogP contribution is 2.35. The van der Waals surface area contributed by atoms with E-state index in [9.17, 15) is 0 Å². The van der Waals surface area contributed by atoms with Crippen LogP contribution in [0.25, 0.3) is 10.2 Å². The first-order valence-electron chi connectivity index (χ1n) is 6.97. The number of nitrogens with zero attached hydrogens (tertiary/aromatic N) is 2. The fraction of sp³-hybridized carbons (Fsp3) is 0.533. The van der Waals surface area contributed by atoms with Gasteiger partial charge in [-0.3, -0.25) is 0 Å². The van der Waals surface area contributed by atoms with Gasteiger partial charge >= 0.3 is 0 Å². The van der Waals surface area contributed by atoms with Crippen LogP contribution in [0.2, 0.25) is 0 Å². The molecular weight excluding hydrogens is 270 g/mol. The molecule has 0 radical (unpaired) electrons. The molecule has 2 aromatic rings. The molecule has 108 valence electrons.